The summed E-state index contributed by atoms with van der Waals surface area (Å²) in [6, 6.07) is 5.37. The average Bonchev–Trinajstić information content (AvgIpc) is 2.41. The van der Waals surface area contributed by atoms with Crippen molar-refractivity contribution in [1.82, 2.24) is 10.6 Å². The lowest BCUT2D eigenvalue weighted by Gasteiger charge is -2.12. The molecule has 0 atom stereocenters. The molecule has 0 fully saturated rings. The normalized spacial score (nSPS) is 12.3. The number of sulfone groups is 1. The SMILES string of the molecule is CN=C(NCCSC)NCc1ccc(S(C)(=O)=O)c(C)c1. The third kappa shape index (κ3) is 5.97. The zero-order chi connectivity index (χ0) is 15.9. The Bertz CT molecular complexity index is 598. The Labute approximate surface area is 131 Å². The molecule has 1 rings (SSSR count). The van der Waals surface area contributed by atoms with Crippen molar-refractivity contribution >= 4 is 27.6 Å². The Morgan fingerprint density at radius 2 is 2.05 bits per heavy atom. The number of benzene rings is 1. The van der Waals surface area contributed by atoms with Gasteiger partial charge in [-0.2, -0.15) is 11.8 Å². The molecule has 0 unspecified atom stereocenters. The van der Waals surface area contributed by atoms with Crippen molar-refractivity contribution in [3.8, 4) is 0 Å². The van der Waals surface area contributed by atoms with Crippen LogP contribution in [0.2, 0.25) is 0 Å². The minimum absolute atomic E-state index is 0.383. The highest BCUT2D eigenvalue weighted by atomic mass is 32.2. The standard InChI is InChI=1S/C14H23N3O2S2/c1-11-9-12(5-6-13(11)21(4,18)19)10-17-14(15-2)16-7-8-20-3/h5-6,9H,7-8,10H2,1-4H3,(H2,15,16,17). The van der Waals surface area contributed by atoms with Gasteiger partial charge >= 0.3 is 0 Å². The van der Waals surface area contributed by atoms with Crippen molar-refractivity contribution in [3.05, 3.63) is 29.3 Å². The maximum atomic E-state index is 11.6. The third-order valence-electron chi connectivity index (χ3n) is 2.92. The predicted octanol–water partition coefficient (Wildman–Crippen LogP) is 1.43. The molecule has 21 heavy (non-hydrogen) atoms. The van der Waals surface area contributed by atoms with Gasteiger partial charge in [0.1, 0.15) is 0 Å². The van der Waals surface area contributed by atoms with Gasteiger partial charge in [-0.15, -0.1) is 0 Å². The highest BCUT2D eigenvalue weighted by Gasteiger charge is 2.10. The first kappa shape index (κ1) is 17.8. The summed E-state index contributed by atoms with van der Waals surface area (Å²) in [4.78, 5) is 4.53. The lowest BCUT2D eigenvalue weighted by Crippen LogP contribution is -2.37. The Morgan fingerprint density at radius 1 is 1.33 bits per heavy atom. The van der Waals surface area contributed by atoms with Crippen LogP contribution in [0.25, 0.3) is 0 Å². The molecule has 0 aliphatic carbocycles. The zero-order valence-corrected chi connectivity index (χ0v) is 14.6. The summed E-state index contributed by atoms with van der Waals surface area (Å²) in [5.41, 5.74) is 1.79. The van der Waals surface area contributed by atoms with Gasteiger partial charge in [-0.25, -0.2) is 8.42 Å². The number of hydrogen-bond donors (Lipinski definition) is 2. The number of aryl methyl sites for hydroxylation is 1. The van der Waals surface area contributed by atoms with Crippen molar-refractivity contribution in [2.45, 2.75) is 18.4 Å². The van der Waals surface area contributed by atoms with Gasteiger partial charge in [-0.3, -0.25) is 4.99 Å². The first-order chi connectivity index (χ1) is 9.88. The molecule has 0 bridgehead atoms. The Morgan fingerprint density at radius 3 is 2.57 bits per heavy atom. The summed E-state index contributed by atoms with van der Waals surface area (Å²) >= 11 is 1.77. The zero-order valence-electron chi connectivity index (χ0n) is 12.9. The van der Waals surface area contributed by atoms with E-state index < -0.39 is 9.84 Å². The van der Waals surface area contributed by atoms with Crippen LogP contribution < -0.4 is 10.6 Å². The van der Waals surface area contributed by atoms with Crippen LogP contribution in [0.5, 0.6) is 0 Å². The predicted molar refractivity (Wildman–Crippen MR) is 90.9 cm³/mol. The molecule has 1 aromatic rings. The van der Waals surface area contributed by atoms with Crippen LogP contribution in [0.15, 0.2) is 28.1 Å². The molecule has 0 heterocycles. The second-order valence-corrected chi connectivity index (χ2v) is 7.69. The number of guanidine groups is 1. The second kappa shape index (κ2) is 8.29. The van der Waals surface area contributed by atoms with Crippen molar-refractivity contribution in [2.24, 2.45) is 4.99 Å². The van der Waals surface area contributed by atoms with Gasteiger partial charge in [0.15, 0.2) is 15.8 Å². The smallest absolute Gasteiger partial charge is 0.191 e. The van der Waals surface area contributed by atoms with Gasteiger partial charge < -0.3 is 10.6 Å². The van der Waals surface area contributed by atoms with Crippen LogP contribution in [-0.2, 0) is 16.4 Å². The summed E-state index contributed by atoms with van der Waals surface area (Å²) in [6.07, 6.45) is 3.29. The first-order valence-electron chi connectivity index (χ1n) is 6.61. The topological polar surface area (TPSA) is 70.6 Å². The van der Waals surface area contributed by atoms with Crippen molar-refractivity contribution in [1.29, 1.82) is 0 Å². The van der Waals surface area contributed by atoms with Gasteiger partial charge in [-0.05, 0) is 30.4 Å². The number of thioether (sulfide) groups is 1. The van der Waals surface area contributed by atoms with E-state index >= 15 is 0 Å². The van der Waals surface area contributed by atoms with Crippen LogP contribution in [-0.4, -0.2) is 46.2 Å². The fourth-order valence-corrected chi connectivity index (χ4v) is 3.18. The van der Waals surface area contributed by atoms with Crippen LogP contribution in [0.1, 0.15) is 11.1 Å². The lowest BCUT2D eigenvalue weighted by molar-refractivity contribution is 0.601. The van der Waals surface area contributed by atoms with E-state index in [1.807, 2.05) is 19.1 Å². The van der Waals surface area contributed by atoms with Crippen LogP contribution >= 0.6 is 11.8 Å². The van der Waals surface area contributed by atoms with E-state index in [-0.39, 0.29) is 0 Å². The highest BCUT2D eigenvalue weighted by molar-refractivity contribution is 7.98. The van der Waals surface area contributed by atoms with Gasteiger partial charge in [0.05, 0.1) is 4.90 Å². The number of aliphatic imine (C=N–C) groups is 1. The summed E-state index contributed by atoms with van der Waals surface area (Å²) < 4.78 is 23.2. The summed E-state index contributed by atoms with van der Waals surface area (Å²) in [6.45, 7) is 3.27. The first-order valence-corrected chi connectivity index (χ1v) is 9.90. The minimum atomic E-state index is -3.16. The Hall–Kier alpha value is -1.21. The molecule has 0 radical (unpaired) electrons. The lowest BCUT2D eigenvalue weighted by atomic mass is 10.1. The molecule has 0 aliphatic heterocycles. The van der Waals surface area contributed by atoms with Crippen molar-refractivity contribution < 1.29 is 8.42 Å². The summed E-state index contributed by atoms with van der Waals surface area (Å²) in [5.74, 6) is 1.76. The molecule has 118 valence electrons. The molecular formula is C14H23N3O2S2. The monoisotopic (exact) mass is 329 g/mol. The fraction of sp³-hybridized carbons (Fsp3) is 0.500. The number of nitrogens with zero attached hydrogens (tertiary/aromatic N) is 1. The maximum Gasteiger partial charge on any atom is 0.191 e. The van der Waals surface area contributed by atoms with Gasteiger partial charge in [-0.1, -0.05) is 12.1 Å². The van der Waals surface area contributed by atoms with E-state index in [2.05, 4.69) is 21.9 Å². The van der Waals surface area contributed by atoms with Gasteiger partial charge in [0.2, 0.25) is 0 Å². The van der Waals surface area contributed by atoms with E-state index in [0.717, 1.165) is 29.4 Å². The number of hydrogen-bond acceptors (Lipinski definition) is 4. The second-order valence-electron chi connectivity index (χ2n) is 4.72. The molecule has 0 saturated heterocycles. The molecule has 0 aromatic heterocycles. The van der Waals surface area contributed by atoms with Crippen LogP contribution in [0.3, 0.4) is 0 Å². The minimum Gasteiger partial charge on any atom is -0.356 e. The van der Waals surface area contributed by atoms with E-state index in [1.165, 1.54) is 6.26 Å². The number of nitrogens with one attached hydrogen (secondary N) is 2. The fourth-order valence-electron chi connectivity index (χ4n) is 1.92. The van der Waals surface area contributed by atoms with Crippen molar-refractivity contribution in [2.75, 3.05) is 31.9 Å². The Balaban J connectivity index is 2.66. The van der Waals surface area contributed by atoms with E-state index in [1.54, 1.807) is 24.9 Å². The molecule has 0 spiro atoms. The summed E-state index contributed by atoms with van der Waals surface area (Å²) in [5, 5.41) is 6.42. The largest absolute Gasteiger partial charge is 0.356 e. The van der Waals surface area contributed by atoms with E-state index in [9.17, 15) is 8.42 Å². The molecular weight excluding hydrogens is 306 g/mol. The van der Waals surface area contributed by atoms with Crippen LogP contribution in [0, 0.1) is 6.92 Å². The van der Waals surface area contributed by atoms with E-state index in [0.29, 0.717) is 11.4 Å². The molecule has 7 heteroatoms. The number of rotatable bonds is 6. The van der Waals surface area contributed by atoms with Gasteiger partial charge in [0.25, 0.3) is 0 Å². The highest BCUT2D eigenvalue weighted by Crippen LogP contribution is 2.16. The maximum absolute atomic E-state index is 11.6. The Kier molecular flexibility index (Phi) is 7.04. The molecule has 0 saturated carbocycles. The molecule has 1 aromatic carbocycles. The third-order valence-corrected chi connectivity index (χ3v) is 4.79. The molecule has 5 nitrogen and oxygen atoms in total. The van der Waals surface area contributed by atoms with E-state index in [4.69, 9.17) is 0 Å². The quantitative estimate of drug-likeness (QED) is 0.469. The van der Waals surface area contributed by atoms with Crippen LogP contribution in [0.4, 0.5) is 0 Å². The van der Waals surface area contributed by atoms with Gasteiger partial charge in [0, 0.05) is 32.1 Å². The molecule has 0 amide bonds. The average molecular weight is 329 g/mol. The summed E-state index contributed by atoms with van der Waals surface area (Å²) in [7, 11) is -1.43. The molecule has 2 N–H and O–H groups in total. The molecule has 0 aliphatic rings. The van der Waals surface area contributed by atoms with Crippen molar-refractivity contribution in [3.63, 3.8) is 0 Å².